The van der Waals surface area contributed by atoms with Crippen LogP contribution < -0.4 is 5.56 Å². The first kappa shape index (κ1) is 29.8. The third-order valence-corrected chi connectivity index (χ3v) is 8.26. The zero-order chi connectivity index (χ0) is 27.5. The molecule has 204 valence electrons. The van der Waals surface area contributed by atoms with Crippen LogP contribution in [0.2, 0.25) is 5.02 Å². The van der Waals surface area contributed by atoms with Gasteiger partial charge in [-0.3, -0.25) is 18.7 Å². The quantitative estimate of drug-likeness (QED) is 0.360. The Morgan fingerprint density at radius 2 is 2.00 bits per heavy atom. The number of Topliss-reactive ketones (excluding diaryl/α,β-unsaturated/α-hetero) is 1. The number of amides is 1. The maximum absolute atomic E-state index is 13.2. The lowest BCUT2D eigenvalue weighted by Gasteiger charge is -2.41. The summed E-state index contributed by atoms with van der Waals surface area (Å²) in [5.41, 5.74) is -0.718. The van der Waals surface area contributed by atoms with Crippen LogP contribution in [0.15, 0.2) is 27.7 Å². The summed E-state index contributed by atoms with van der Waals surface area (Å²) < 4.78 is 31.3. The fraction of sp³-hybridized carbons (Fsp3) is 0.583. The highest BCUT2D eigenvalue weighted by Gasteiger charge is 2.41. The molecule has 37 heavy (non-hydrogen) atoms. The molecule has 1 aliphatic heterocycles. The van der Waals surface area contributed by atoms with Crippen molar-refractivity contribution in [2.45, 2.75) is 71.2 Å². The molecule has 0 radical (unpaired) electrons. The van der Waals surface area contributed by atoms with Crippen LogP contribution in [0.1, 0.15) is 47.0 Å². The molecule has 2 aromatic rings. The SMILES string of the molecule is CCOP(C)(=O)OC1CCCN(C(=O)OC(C)(C)C)C1CC(=O)Cn1cnc2cc(Br)c(Cl)cc2c1=O. The van der Waals surface area contributed by atoms with Crippen LogP contribution in [-0.2, 0) is 29.7 Å². The van der Waals surface area contributed by atoms with Gasteiger partial charge in [0.2, 0.25) is 0 Å². The summed E-state index contributed by atoms with van der Waals surface area (Å²) in [6.45, 7) is 8.60. The van der Waals surface area contributed by atoms with Gasteiger partial charge in [-0.05, 0) is 68.6 Å². The van der Waals surface area contributed by atoms with Gasteiger partial charge < -0.3 is 18.7 Å². The lowest BCUT2D eigenvalue weighted by Crippen LogP contribution is -2.53. The average Bonchev–Trinajstić information content (AvgIpc) is 2.77. The fourth-order valence-corrected chi connectivity index (χ4v) is 5.96. The Kier molecular flexibility index (Phi) is 9.61. The normalized spacial score (nSPS) is 20.0. The molecule has 0 N–H and O–H groups in total. The molecule has 10 nitrogen and oxygen atoms in total. The number of piperidine rings is 1. The van der Waals surface area contributed by atoms with Gasteiger partial charge in [-0.25, -0.2) is 9.78 Å². The summed E-state index contributed by atoms with van der Waals surface area (Å²) >= 11 is 9.45. The van der Waals surface area contributed by atoms with Gasteiger partial charge in [0.1, 0.15) is 5.60 Å². The van der Waals surface area contributed by atoms with Gasteiger partial charge in [0, 0.05) is 24.1 Å². The minimum Gasteiger partial charge on any atom is -0.444 e. The predicted octanol–water partition coefficient (Wildman–Crippen LogP) is 5.42. The van der Waals surface area contributed by atoms with Gasteiger partial charge in [0.25, 0.3) is 5.56 Å². The Morgan fingerprint density at radius 3 is 2.65 bits per heavy atom. The maximum Gasteiger partial charge on any atom is 0.410 e. The number of nitrogens with zero attached hydrogens (tertiary/aromatic N) is 3. The lowest BCUT2D eigenvalue weighted by atomic mass is 9.95. The van der Waals surface area contributed by atoms with Crippen LogP contribution in [0.25, 0.3) is 10.9 Å². The molecule has 3 unspecified atom stereocenters. The number of hydrogen-bond acceptors (Lipinski definition) is 8. The van der Waals surface area contributed by atoms with Gasteiger partial charge in [-0.2, -0.15) is 0 Å². The largest absolute Gasteiger partial charge is 0.444 e. The van der Waals surface area contributed by atoms with Crippen molar-refractivity contribution in [1.82, 2.24) is 14.5 Å². The lowest BCUT2D eigenvalue weighted by molar-refractivity contribution is -0.122. The van der Waals surface area contributed by atoms with E-state index in [0.717, 1.165) is 0 Å². The van der Waals surface area contributed by atoms with E-state index in [4.69, 9.17) is 25.4 Å². The summed E-state index contributed by atoms with van der Waals surface area (Å²) in [6, 6.07) is 2.38. The van der Waals surface area contributed by atoms with Gasteiger partial charge in [0.15, 0.2) is 5.78 Å². The molecule has 2 heterocycles. The van der Waals surface area contributed by atoms with E-state index >= 15 is 0 Å². The van der Waals surface area contributed by atoms with Crippen LogP contribution in [0.3, 0.4) is 0 Å². The first-order valence-electron chi connectivity index (χ1n) is 12.0. The maximum atomic E-state index is 13.2. The molecule has 0 saturated carbocycles. The molecule has 3 atom stereocenters. The smallest absolute Gasteiger partial charge is 0.410 e. The summed E-state index contributed by atoms with van der Waals surface area (Å²) in [5, 5.41) is 0.630. The van der Waals surface area contributed by atoms with E-state index in [-0.39, 0.29) is 30.7 Å². The number of fused-ring (bicyclic) bond motifs is 1. The number of hydrogen-bond donors (Lipinski definition) is 0. The van der Waals surface area contributed by atoms with Crippen LogP contribution >= 0.6 is 35.1 Å². The third-order valence-electron chi connectivity index (χ3n) is 5.69. The molecule has 1 aliphatic rings. The molecule has 3 rings (SSSR count). The van der Waals surface area contributed by atoms with E-state index < -0.39 is 37.0 Å². The van der Waals surface area contributed by atoms with E-state index in [2.05, 4.69) is 20.9 Å². The standard InChI is InChI=1S/C24H32BrClN3O7P/c1-6-34-37(5,33)36-21-8-7-9-29(23(32)35-24(2,3)4)20(21)10-15(30)13-28-14-27-19-12-17(25)18(26)11-16(19)22(28)31/h11-12,14,20-21H,6-10,13H2,1-5H3. The second kappa shape index (κ2) is 11.9. The Hall–Kier alpha value is -1.78. The number of ether oxygens (including phenoxy) is 1. The van der Waals surface area contributed by atoms with Crippen molar-refractivity contribution in [2.24, 2.45) is 0 Å². The number of likely N-dealkylation sites (tertiary alicyclic amines) is 1. The Bertz CT molecular complexity index is 1280. The van der Waals surface area contributed by atoms with Crippen molar-refractivity contribution in [1.29, 1.82) is 0 Å². The molecule has 1 aromatic heterocycles. The second-order valence-electron chi connectivity index (χ2n) is 9.92. The van der Waals surface area contributed by atoms with Crippen molar-refractivity contribution in [2.75, 3.05) is 19.8 Å². The Balaban J connectivity index is 1.87. The van der Waals surface area contributed by atoms with Gasteiger partial charge in [-0.1, -0.05) is 11.6 Å². The third kappa shape index (κ3) is 7.86. The van der Waals surface area contributed by atoms with Crippen LogP contribution in [0.4, 0.5) is 4.79 Å². The van der Waals surface area contributed by atoms with Crippen molar-refractivity contribution < 1.29 is 27.9 Å². The van der Waals surface area contributed by atoms with Gasteiger partial charge in [-0.15, -0.1) is 0 Å². The molecular weight excluding hydrogens is 589 g/mol. The summed E-state index contributed by atoms with van der Waals surface area (Å²) in [7, 11) is -3.42. The summed E-state index contributed by atoms with van der Waals surface area (Å²) in [6.07, 6.45) is 0.916. The molecule has 0 spiro atoms. The van der Waals surface area contributed by atoms with Crippen LogP contribution in [-0.4, -0.2) is 63.9 Å². The molecule has 1 aromatic carbocycles. The van der Waals surface area contributed by atoms with E-state index in [0.29, 0.717) is 34.4 Å². The fourth-order valence-electron chi connectivity index (χ4n) is 4.20. The number of aromatic nitrogens is 2. The van der Waals surface area contributed by atoms with E-state index in [1.54, 1.807) is 33.8 Å². The monoisotopic (exact) mass is 619 g/mol. The van der Waals surface area contributed by atoms with E-state index in [1.165, 1.54) is 28.5 Å². The molecule has 1 saturated heterocycles. The highest BCUT2D eigenvalue weighted by atomic mass is 79.9. The number of rotatable bonds is 8. The summed E-state index contributed by atoms with van der Waals surface area (Å²) in [4.78, 5) is 45.0. The highest BCUT2D eigenvalue weighted by Crippen LogP contribution is 2.47. The minimum absolute atomic E-state index is 0.137. The predicted molar refractivity (Wildman–Crippen MR) is 144 cm³/mol. The van der Waals surface area contributed by atoms with Crippen LogP contribution in [0.5, 0.6) is 0 Å². The van der Waals surface area contributed by atoms with E-state index in [1.807, 2.05) is 0 Å². The number of benzene rings is 1. The number of carbonyl (C=O) groups excluding carboxylic acids is 2. The van der Waals surface area contributed by atoms with Crippen LogP contribution in [0, 0.1) is 0 Å². The average molecular weight is 621 g/mol. The number of halogens is 2. The number of ketones is 1. The highest BCUT2D eigenvalue weighted by molar-refractivity contribution is 9.10. The van der Waals surface area contributed by atoms with Gasteiger partial charge >= 0.3 is 13.7 Å². The number of carbonyl (C=O) groups is 2. The van der Waals surface area contributed by atoms with Gasteiger partial charge in [0.05, 0.1) is 47.6 Å². The van der Waals surface area contributed by atoms with Crippen molar-refractivity contribution in [3.8, 4) is 0 Å². The molecule has 0 bridgehead atoms. The Morgan fingerprint density at radius 1 is 1.30 bits per heavy atom. The van der Waals surface area contributed by atoms with Crippen molar-refractivity contribution >= 4 is 57.9 Å². The van der Waals surface area contributed by atoms with Crippen molar-refractivity contribution in [3.63, 3.8) is 0 Å². The molecule has 0 aliphatic carbocycles. The van der Waals surface area contributed by atoms with E-state index in [9.17, 15) is 18.9 Å². The minimum atomic E-state index is -3.42. The molecule has 13 heteroatoms. The molecular formula is C24H32BrClN3O7P. The summed E-state index contributed by atoms with van der Waals surface area (Å²) in [5.74, 6) is -0.331. The topological polar surface area (TPSA) is 117 Å². The first-order chi connectivity index (χ1) is 17.2. The zero-order valence-corrected chi connectivity index (χ0v) is 24.8. The van der Waals surface area contributed by atoms with Crippen molar-refractivity contribution in [3.05, 3.63) is 38.3 Å². The Labute approximate surface area is 229 Å². The molecule has 1 fully saturated rings. The zero-order valence-electron chi connectivity index (χ0n) is 21.5. The first-order valence-corrected chi connectivity index (χ1v) is 15.1. The second-order valence-corrected chi connectivity index (χ2v) is 13.2. The molecule has 1 amide bonds.